The lowest BCUT2D eigenvalue weighted by Gasteiger charge is -2.24. The first-order valence-corrected chi connectivity index (χ1v) is 6.71. The van der Waals surface area contributed by atoms with Crippen molar-refractivity contribution in [3.8, 4) is 0 Å². The SMILES string of the molecule is Cn1ccnc1CCNC(=O)C1CC=CCC1C(=O)O. The van der Waals surface area contributed by atoms with Crippen molar-refractivity contribution in [2.24, 2.45) is 18.9 Å². The summed E-state index contributed by atoms with van der Waals surface area (Å²) in [5.41, 5.74) is 0. The number of allylic oxidation sites excluding steroid dienone is 2. The predicted molar refractivity (Wildman–Crippen MR) is 72.9 cm³/mol. The number of aliphatic carboxylic acids is 1. The summed E-state index contributed by atoms with van der Waals surface area (Å²) in [6.45, 7) is 0.468. The Hall–Kier alpha value is -2.11. The Morgan fingerprint density at radius 1 is 1.40 bits per heavy atom. The highest BCUT2D eigenvalue weighted by molar-refractivity contribution is 5.85. The van der Waals surface area contributed by atoms with Gasteiger partial charge < -0.3 is 15.0 Å². The molecule has 0 saturated heterocycles. The van der Waals surface area contributed by atoms with Crippen LogP contribution in [0.25, 0.3) is 0 Å². The highest BCUT2D eigenvalue weighted by Crippen LogP contribution is 2.25. The van der Waals surface area contributed by atoms with Gasteiger partial charge in [-0.3, -0.25) is 9.59 Å². The number of amides is 1. The smallest absolute Gasteiger partial charge is 0.307 e. The van der Waals surface area contributed by atoms with E-state index in [9.17, 15) is 9.59 Å². The van der Waals surface area contributed by atoms with Crippen LogP contribution >= 0.6 is 0 Å². The Morgan fingerprint density at radius 3 is 2.70 bits per heavy atom. The van der Waals surface area contributed by atoms with E-state index >= 15 is 0 Å². The van der Waals surface area contributed by atoms with E-state index in [1.54, 1.807) is 6.20 Å². The van der Waals surface area contributed by atoms with Crippen molar-refractivity contribution in [3.63, 3.8) is 0 Å². The number of aryl methyl sites for hydroxylation is 1. The molecule has 0 aliphatic heterocycles. The molecule has 1 aromatic rings. The normalized spacial score (nSPS) is 21.6. The molecule has 0 spiro atoms. The van der Waals surface area contributed by atoms with Gasteiger partial charge in [0.15, 0.2) is 0 Å². The van der Waals surface area contributed by atoms with Crippen LogP contribution in [0.1, 0.15) is 18.7 Å². The van der Waals surface area contributed by atoms with Crippen molar-refractivity contribution < 1.29 is 14.7 Å². The molecule has 6 heteroatoms. The molecule has 108 valence electrons. The summed E-state index contributed by atoms with van der Waals surface area (Å²) >= 11 is 0. The Bertz CT molecular complexity index is 521. The standard InChI is InChI=1S/C14H19N3O3/c1-17-9-8-15-12(17)6-7-16-13(18)10-4-2-3-5-11(10)14(19)20/h2-3,8-11H,4-7H2,1H3,(H,16,18)(H,19,20). The number of hydrogen-bond acceptors (Lipinski definition) is 3. The molecule has 0 saturated carbocycles. The van der Waals surface area contributed by atoms with Gasteiger partial charge in [0.2, 0.25) is 5.91 Å². The molecule has 2 rings (SSSR count). The van der Waals surface area contributed by atoms with Gasteiger partial charge in [0, 0.05) is 32.4 Å². The average molecular weight is 277 g/mol. The minimum absolute atomic E-state index is 0.184. The lowest BCUT2D eigenvalue weighted by Crippen LogP contribution is -2.39. The molecule has 6 nitrogen and oxygen atoms in total. The number of nitrogens with one attached hydrogen (secondary N) is 1. The van der Waals surface area contributed by atoms with Crippen LogP contribution in [0.5, 0.6) is 0 Å². The third kappa shape index (κ3) is 3.26. The molecule has 1 aliphatic carbocycles. The summed E-state index contributed by atoms with van der Waals surface area (Å²) in [7, 11) is 1.90. The Labute approximate surface area is 117 Å². The van der Waals surface area contributed by atoms with Crippen LogP contribution in [0.3, 0.4) is 0 Å². The molecular weight excluding hydrogens is 258 g/mol. The van der Waals surface area contributed by atoms with E-state index in [0.29, 0.717) is 25.8 Å². The molecule has 1 aromatic heterocycles. The maximum atomic E-state index is 12.1. The van der Waals surface area contributed by atoms with Crippen molar-refractivity contribution in [1.82, 2.24) is 14.9 Å². The number of carbonyl (C=O) groups excluding carboxylic acids is 1. The zero-order valence-corrected chi connectivity index (χ0v) is 11.5. The molecule has 0 radical (unpaired) electrons. The van der Waals surface area contributed by atoms with Crippen LogP contribution in [-0.4, -0.2) is 33.1 Å². The second-order valence-corrected chi connectivity index (χ2v) is 4.99. The van der Waals surface area contributed by atoms with Gasteiger partial charge in [-0.15, -0.1) is 0 Å². The highest BCUT2D eigenvalue weighted by Gasteiger charge is 2.33. The number of rotatable bonds is 5. The number of carbonyl (C=O) groups is 2. The molecule has 0 aromatic carbocycles. The van der Waals surface area contributed by atoms with E-state index in [0.717, 1.165) is 5.82 Å². The topological polar surface area (TPSA) is 84.2 Å². The number of carboxylic acid groups (broad SMARTS) is 1. The first-order valence-electron chi connectivity index (χ1n) is 6.71. The van der Waals surface area contributed by atoms with Gasteiger partial charge in [0.1, 0.15) is 5.82 Å². The first-order chi connectivity index (χ1) is 9.59. The second-order valence-electron chi connectivity index (χ2n) is 4.99. The lowest BCUT2D eigenvalue weighted by molar-refractivity contribution is -0.147. The van der Waals surface area contributed by atoms with E-state index in [1.807, 2.05) is 30.0 Å². The zero-order chi connectivity index (χ0) is 14.5. The molecule has 1 heterocycles. The maximum Gasteiger partial charge on any atom is 0.307 e. The van der Waals surface area contributed by atoms with E-state index in [2.05, 4.69) is 10.3 Å². The van der Waals surface area contributed by atoms with E-state index in [1.165, 1.54) is 0 Å². The largest absolute Gasteiger partial charge is 0.481 e. The zero-order valence-electron chi connectivity index (χ0n) is 11.5. The molecule has 2 atom stereocenters. The van der Waals surface area contributed by atoms with Crippen molar-refractivity contribution in [1.29, 1.82) is 0 Å². The van der Waals surface area contributed by atoms with Gasteiger partial charge in [0.05, 0.1) is 11.8 Å². The Morgan fingerprint density at radius 2 is 2.10 bits per heavy atom. The second kappa shape index (κ2) is 6.36. The highest BCUT2D eigenvalue weighted by atomic mass is 16.4. The van der Waals surface area contributed by atoms with Gasteiger partial charge in [-0.05, 0) is 12.8 Å². The van der Waals surface area contributed by atoms with Crippen LogP contribution < -0.4 is 5.32 Å². The number of imidazole rings is 1. The lowest BCUT2D eigenvalue weighted by atomic mass is 9.82. The third-order valence-corrected chi connectivity index (χ3v) is 3.66. The fraction of sp³-hybridized carbons (Fsp3) is 0.500. The summed E-state index contributed by atoms with van der Waals surface area (Å²) in [5, 5.41) is 12.0. The molecule has 1 amide bonds. The van der Waals surface area contributed by atoms with Gasteiger partial charge in [0.25, 0.3) is 0 Å². The fourth-order valence-electron chi connectivity index (χ4n) is 2.44. The first kappa shape index (κ1) is 14.3. The number of nitrogens with zero attached hydrogens (tertiary/aromatic N) is 2. The minimum Gasteiger partial charge on any atom is -0.481 e. The Kier molecular flexibility index (Phi) is 4.55. The molecule has 1 aliphatic rings. The van der Waals surface area contributed by atoms with E-state index in [4.69, 9.17) is 5.11 Å². The summed E-state index contributed by atoms with van der Waals surface area (Å²) in [4.78, 5) is 27.4. The van der Waals surface area contributed by atoms with Gasteiger partial charge in [-0.2, -0.15) is 0 Å². The quantitative estimate of drug-likeness (QED) is 0.778. The van der Waals surface area contributed by atoms with Crippen molar-refractivity contribution >= 4 is 11.9 Å². The van der Waals surface area contributed by atoms with Gasteiger partial charge in [-0.25, -0.2) is 4.98 Å². The van der Waals surface area contributed by atoms with Crippen molar-refractivity contribution in [3.05, 3.63) is 30.4 Å². The predicted octanol–water partition coefficient (Wildman–Crippen LogP) is 0.746. The van der Waals surface area contributed by atoms with Crippen molar-refractivity contribution in [2.45, 2.75) is 19.3 Å². The van der Waals surface area contributed by atoms with Crippen LogP contribution in [-0.2, 0) is 23.1 Å². The summed E-state index contributed by atoms with van der Waals surface area (Å²) in [6.07, 6.45) is 8.82. The third-order valence-electron chi connectivity index (χ3n) is 3.66. The summed E-state index contributed by atoms with van der Waals surface area (Å²) in [6, 6.07) is 0. The van der Waals surface area contributed by atoms with Crippen LogP contribution in [0.2, 0.25) is 0 Å². The maximum absolute atomic E-state index is 12.1. The number of aromatic nitrogens is 2. The van der Waals surface area contributed by atoms with E-state index in [-0.39, 0.29) is 5.91 Å². The molecule has 20 heavy (non-hydrogen) atoms. The van der Waals surface area contributed by atoms with Gasteiger partial charge >= 0.3 is 5.97 Å². The van der Waals surface area contributed by atoms with Crippen LogP contribution in [0.4, 0.5) is 0 Å². The Balaban J connectivity index is 1.86. The molecule has 2 unspecified atom stereocenters. The molecule has 2 N–H and O–H groups in total. The summed E-state index contributed by atoms with van der Waals surface area (Å²) in [5.74, 6) is -1.29. The minimum atomic E-state index is -0.904. The number of hydrogen-bond donors (Lipinski definition) is 2. The molecule has 0 bridgehead atoms. The van der Waals surface area contributed by atoms with Gasteiger partial charge in [-0.1, -0.05) is 12.2 Å². The van der Waals surface area contributed by atoms with E-state index < -0.39 is 17.8 Å². The van der Waals surface area contributed by atoms with Crippen molar-refractivity contribution in [2.75, 3.05) is 6.54 Å². The summed E-state index contributed by atoms with van der Waals surface area (Å²) < 4.78 is 1.90. The average Bonchev–Trinajstić information content (AvgIpc) is 2.84. The number of carboxylic acids is 1. The fourth-order valence-corrected chi connectivity index (χ4v) is 2.44. The molecule has 0 fully saturated rings. The molecular formula is C14H19N3O3. The monoisotopic (exact) mass is 277 g/mol. The van der Waals surface area contributed by atoms with Crippen LogP contribution in [0.15, 0.2) is 24.5 Å². The van der Waals surface area contributed by atoms with Crippen LogP contribution in [0, 0.1) is 11.8 Å².